The summed E-state index contributed by atoms with van der Waals surface area (Å²) in [6, 6.07) is 9.51. The van der Waals surface area contributed by atoms with Crippen molar-refractivity contribution in [2.75, 3.05) is 26.3 Å². The van der Waals surface area contributed by atoms with E-state index in [1.165, 1.54) is 6.92 Å². The van der Waals surface area contributed by atoms with Gasteiger partial charge in [0.2, 0.25) is 0 Å². The van der Waals surface area contributed by atoms with Crippen molar-refractivity contribution >= 4 is 11.9 Å². The van der Waals surface area contributed by atoms with E-state index in [1.807, 2.05) is 30.3 Å². The molecular formula is C17H21NO5. The van der Waals surface area contributed by atoms with E-state index in [2.05, 4.69) is 0 Å². The zero-order valence-corrected chi connectivity index (χ0v) is 13.2. The lowest BCUT2D eigenvalue weighted by molar-refractivity contribution is -0.215. The Kier molecular flexibility index (Phi) is 4.63. The van der Waals surface area contributed by atoms with Gasteiger partial charge in [-0.05, 0) is 12.5 Å². The molecule has 2 aliphatic rings. The number of carbonyl (C=O) groups is 2. The van der Waals surface area contributed by atoms with Gasteiger partial charge in [-0.1, -0.05) is 30.3 Å². The van der Waals surface area contributed by atoms with Crippen LogP contribution in [-0.2, 0) is 25.6 Å². The standard InChI is InChI=1S/C17H21NO5/c1-13(19)15-11-18(8-7-17(15)22-9-10-23-17)16(20)21-12-14-5-3-2-4-6-14/h2-6,15H,7-12H2,1H3. The van der Waals surface area contributed by atoms with E-state index in [-0.39, 0.29) is 18.9 Å². The largest absolute Gasteiger partial charge is 0.445 e. The summed E-state index contributed by atoms with van der Waals surface area (Å²) < 4.78 is 16.7. The quantitative estimate of drug-likeness (QED) is 0.852. The molecule has 6 nitrogen and oxygen atoms in total. The number of ether oxygens (including phenoxy) is 3. The molecule has 1 aromatic rings. The highest BCUT2D eigenvalue weighted by Crippen LogP contribution is 2.36. The number of Topliss-reactive ketones (excluding diaryl/α,β-unsaturated/α-hetero) is 1. The van der Waals surface area contributed by atoms with E-state index >= 15 is 0 Å². The second kappa shape index (κ2) is 6.68. The molecule has 2 saturated heterocycles. The molecule has 0 radical (unpaired) electrons. The summed E-state index contributed by atoms with van der Waals surface area (Å²) in [6.07, 6.45) is 0.0745. The van der Waals surface area contributed by atoms with Crippen molar-refractivity contribution in [1.82, 2.24) is 4.90 Å². The van der Waals surface area contributed by atoms with Crippen LogP contribution in [-0.4, -0.2) is 48.9 Å². The zero-order valence-electron chi connectivity index (χ0n) is 13.2. The van der Waals surface area contributed by atoms with Gasteiger partial charge < -0.3 is 19.1 Å². The number of benzene rings is 1. The van der Waals surface area contributed by atoms with E-state index in [0.29, 0.717) is 26.2 Å². The summed E-state index contributed by atoms with van der Waals surface area (Å²) in [5.74, 6) is -1.36. The first-order chi connectivity index (χ1) is 11.1. The molecule has 1 unspecified atom stereocenters. The first-order valence-corrected chi connectivity index (χ1v) is 7.85. The number of ketones is 1. The third kappa shape index (κ3) is 3.38. The number of amides is 1. The second-order valence-corrected chi connectivity index (χ2v) is 5.91. The highest BCUT2D eigenvalue weighted by atomic mass is 16.7. The van der Waals surface area contributed by atoms with Crippen LogP contribution in [0.3, 0.4) is 0 Å². The molecule has 0 saturated carbocycles. The minimum absolute atomic E-state index is 0.0348. The molecule has 0 bridgehead atoms. The Morgan fingerprint density at radius 3 is 2.61 bits per heavy atom. The fraction of sp³-hybridized carbons (Fsp3) is 0.529. The number of hydrogen-bond donors (Lipinski definition) is 0. The Morgan fingerprint density at radius 2 is 1.96 bits per heavy atom. The number of nitrogens with zero attached hydrogens (tertiary/aromatic N) is 1. The van der Waals surface area contributed by atoms with Gasteiger partial charge in [-0.3, -0.25) is 4.79 Å². The molecule has 0 N–H and O–H groups in total. The first kappa shape index (κ1) is 16.0. The summed E-state index contributed by atoms with van der Waals surface area (Å²) in [6.45, 7) is 3.43. The average molecular weight is 319 g/mol. The highest BCUT2D eigenvalue weighted by molar-refractivity contribution is 5.80. The van der Waals surface area contributed by atoms with Gasteiger partial charge >= 0.3 is 6.09 Å². The second-order valence-electron chi connectivity index (χ2n) is 5.91. The summed E-state index contributed by atoms with van der Waals surface area (Å²) in [4.78, 5) is 25.8. The molecular weight excluding hydrogens is 298 g/mol. The Hall–Kier alpha value is -1.92. The van der Waals surface area contributed by atoms with Gasteiger partial charge in [-0.25, -0.2) is 4.79 Å². The third-order valence-electron chi connectivity index (χ3n) is 4.39. The molecule has 0 aliphatic carbocycles. The van der Waals surface area contributed by atoms with E-state index in [9.17, 15) is 9.59 Å². The molecule has 6 heteroatoms. The first-order valence-electron chi connectivity index (χ1n) is 7.85. The fourth-order valence-electron chi connectivity index (χ4n) is 3.15. The Bertz CT molecular complexity index is 568. The molecule has 0 aromatic heterocycles. The van der Waals surface area contributed by atoms with Crippen molar-refractivity contribution in [2.45, 2.75) is 25.7 Å². The lowest BCUT2D eigenvalue weighted by atomic mass is 9.88. The van der Waals surface area contributed by atoms with E-state index in [0.717, 1.165) is 5.56 Å². The van der Waals surface area contributed by atoms with Gasteiger partial charge in [0, 0.05) is 19.5 Å². The van der Waals surface area contributed by atoms with Gasteiger partial charge in [0.05, 0.1) is 19.1 Å². The summed E-state index contributed by atoms with van der Waals surface area (Å²) in [7, 11) is 0. The average Bonchev–Trinajstić information content (AvgIpc) is 3.02. The van der Waals surface area contributed by atoms with E-state index in [4.69, 9.17) is 14.2 Å². The minimum atomic E-state index is -0.859. The predicted molar refractivity (Wildman–Crippen MR) is 81.6 cm³/mol. The minimum Gasteiger partial charge on any atom is -0.445 e. The normalized spacial score (nSPS) is 23.0. The van der Waals surface area contributed by atoms with Crippen LogP contribution in [0.1, 0.15) is 18.9 Å². The van der Waals surface area contributed by atoms with Crippen LogP contribution in [0.25, 0.3) is 0 Å². The third-order valence-corrected chi connectivity index (χ3v) is 4.39. The number of likely N-dealkylation sites (tertiary alicyclic amines) is 1. The van der Waals surface area contributed by atoms with Crippen molar-refractivity contribution < 1.29 is 23.8 Å². The number of hydrogen-bond acceptors (Lipinski definition) is 5. The molecule has 2 heterocycles. The van der Waals surface area contributed by atoms with Crippen molar-refractivity contribution in [2.24, 2.45) is 5.92 Å². The molecule has 1 aromatic carbocycles. The van der Waals surface area contributed by atoms with Crippen LogP contribution >= 0.6 is 0 Å². The molecule has 2 fully saturated rings. The van der Waals surface area contributed by atoms with Crippen LogP contribution in [0.5, 0.6) is 0 Å². The van der Waals surface area contributed by atoms with Gasteiger partial charge in [0.15, 0.2) is 5.79 Å². The predicted octanol–water partition coefficient (Wildman–Crippen LogP) is 1.98. The van der Waals surface area contributed by atoms with Crippen molar-refractivity contribution in [3.05, 3.63) is 35.9 Å². The van der Waals surface area contributed by atoms with E-state index in [1.54, 1.807) is 4.90 Å². The molecule has 1 spiro atoms. The zero-order chi connectivity index (χ0) is 16.3. The molecule has 23 heavy (non-hydrogen) atoms. The Morgan fingerprint density at radius 1 is 1.26 bits per heavy atom. The summed E-state index contributed by atoms with van der Waals surface area (Å²) >= 11 is 0. The van der Waals surface area contributed by atoms with Gasteiger partial charge in [-0.2, -0.15) is 0 Å². The van der Waals surface area contributed by atoms with Gasteiger partial charge in [0.1, 0.15) is 12.4 Å². The maximum atomic E-state index is 12.3. The number of piperidine rings is 1. The summed E-state index contributed by atoms with van der Waals surface area (Å²) in [5.41, 5.74) is 0.930. The van der Waals surface area contributed by atoms with Crippen molar-refractivity contribution in [3.8, 4) is 0 Å². The maximum Gasteiger partial charge on any atom is 0.410 e. The van der Waals surface area contributed by atoms with Crippen LogP contribution in [0.2, 0.25) is 0 Å². The Labute approximate surface area is 135 Å². The smallest absolute Gasteiger partial charge is 0.410 e. The van der Waals surface area contributed by atoms with Crippen molar-refractivity contribution in [3.63, 3.8) is 0 Å². The highest BCUT2D eigenvalue weighted by Gasteiger charge is 2.51. The summed E-state index contributed by atoms with van der Waals surface area (Å²) in [5, 5.41) is 0. The number of carbonyl (C=O) groups excluding carboxylic acids is 2. The molecule has 3 rings (SSSR count). The van der Waals surface area contributed by atoms with Crippen LogP contribution < -0.4 is 0 Å². The maximum absolute atomic E-state index is 12.3. The van der Waals surface area contributed by atoms with E-state index < -0.39 is 17.8 Å². The molecule has 1 amide bonds. The Balaban J connectivity index is 1.60. The van der Waals surface area contributed by atoms with Crippen LogP contribution in [0.4, 0.5) is 4.79 Å². The fourth-order valence-corrected chi connectivity index (χ4v) is 3.15. The van der Waals surface area contributed by atoms with Crippen LogP contribution in [0.15, 0.2) is 30.3 Å². The van der Waals surface area contributed by atoms with Crippen molar-refractivity contribution in [1.29, 1.82) is 0 Å². The molecule has 1 atom stereocenters. The monoisotopic (exact) mass is 319 g/mol. The van der Waals surface area contributed by atoms with Gasteiger partial charge in [-0.15, -0.1) is 0 Å². The number of rotatable bonds is 3. The lowest BCUT2D eigenvalue weighted by Crippen LogP contribution is -2.56. The van der Waals surface area contributed by atoms with Crippen LogP contribution in [0, 0.1) is 5.92 Å². The van der Waals surface area contributed by atoms with Gasteiger partial charge in [0.25, 0.3) is 0 Å². The topological polar surface area (TPSA) is 65.1 Å². The SMILES string of the molecule is CC(=O)C1CN(C(=O)OCc2ccccc2)CCC12OCCO2. The molecule has 2 aliphatic heterocycles. The lowest BCUT2D eigenvalue weighted by Gasteiger charge is -2.42. The molecule has 124 valence electrons.